The summed E-state index contributed by atoms with van der Waals surface area (Å²) >= 11 is 0. The molecule has 5 heteroatoms. The fraction of sp³-hybridized carbons (Fsp3) is 0.500. The normalized spacial score (nSPS) is 19.2. The molecule has 1 saturated heterocycles. The van der Waals surface area contributed by atoms with Gasteiger partial charge in [-0.2, -0.15) is 0 Å². The van der Waals surface area contributed by atoms with Crippen LogP contribution in [0.4, 0.5) is 5.69 Å². The molecule has 5 nitrogen and oxygen atoms in total. The van der Waals surface area contributed by atoms with Crippen LogP contribution in [0.1, 0.15) is 23.2 Å². The molecule has 1 fully saturated rings. The third-order valence-electron chi connectivity index (χ3n) is 4.67. The van der Waals surface area contributed by atoms with Crippen molar-refractivity contribution in [2.24, 2.45) is 5.92 Å². The lowest BCUT2D eigenvalue weighted by atomic mass is 9.96. The van der Waals surface area contributed by atoms with E-state index in [-0.39, 0.29) is 5.91 Å². The number of amides is 1. The second-order valence-electron chi connectivity index (χ2n) is 6.31. The van der Waals surface area contributed by atoms with Crippen LogP contribution in [0, 0.1) is 5.92 Å². The maximum atomic E-state index is 12.6. The molecule has 0 unspecified atom stereocenters. The lowest BCUT2D eigenvalue weighted by Crippen LogP contribution is -2.40. The van der Waals surface area contributed by atoms with Gasteiger partial charge >= 0.3 is 0 Å². The average Bonchev–Trinajstić information content (AvgIpc) is 2.63. The van der Waals surface area contributed by atoms with Crippen molar-refractivity contribution in [1.29, 1.82) is 0 Å². The predicted octanol–water partition coefficient (Wildman–Crippen LogP) is 1.64. The summed E-state index contributed by atoms with van der Waals surface area (Å²) in [6.45, 7) is 4.50. The third-order valence-corrected chi connectivity index (χ3v) is 4.67. The zero-order valence-electron chi connectivity index (χ0n) is 13.8. The number of anilines is 1. The molecule has 1 amide bonds. The highest BCUT2D eigenvalue weighted by atomic mass is 16.2. The summed E-state index contributed by atoms with van der Waals surface area (Å²) in [7, 11) is 1.99. The summed E-state index contributed by atoms with van der Waals surface area (Å²) in [5.74, 6) is 0.858. The molecule has 1 aromatic carbocycles. The first-order chi connectivity index (χ1) is 11.3. The van der Waals surface area contributed by atoms with Crippen molar-refractivity contribution in [3.63, 3.8) is 0 Å². The van der Waals surface area contributed by atoms with Gasteiger partial charge in [-0.3, -0.25) is 10.1 Å². The van der Waals surface area contributed by atoms with Gasteiger partial charge in [-0.05, 0) is 56.6 Å². The van der Waals surface area contributed by atoms with Gasteiger partial charge in [0.25, 0.3) is 5.91 Å². The lowest BCUT2D eigenvalue weighted by Gasteiger charge is -2.32. The number of hydrogen-bond acceptors (Lipinski definition) is 4. The number of rotatable bonds is 4. The summed E-state index contributed by atoms with van der Waals surface area (Å²) in [5.41, 5.74) is 1.90. The van der Waals surface area contributed by atoms with Gasteiger partial charge in [0.05, 0.1) is 6.67 Å². The fourth-order valence-electron chi connectivity index (χ4n) is 3.29. The second-order valence-corrected chi connectivity index (χ2v) is 6.31. The SMILES string of the molecule is CNCC1CCN(C(=O)c2ccc(N3C=CCNC3)cc2)CC1. The Morgan fingerprint density at radius 3 is 2.61 bits per heavy atom. The Morgan fingerprint density at radius 1 is 1.26 bits per heavy atom. The van der Waals surface area contributed by atoms with Crippen LogP contribution in [0.25, 0.3) is 0 Å². The standard InChI is InChI=1S/C18H26N4O/c1-19-13-15-7-11-21(12-8-15)18(23)16-3-5-17(6-4-16)22-10-2-9-20-14-22/h2-6,10,15,19-20H,7-9,11-14H2,1H3. The maximum absolute atomic E-state index is 12.6. The Hall–Kier alpha value is -1.85. The summed E-state index contributed by atoms with van der Waals surface area (Å²) in [5, 5.41) is 6.53. The number of likely N-dealkylation sites (tertiary alicyclic amines) is 1. The molecule has 23 heavy (non-hydrogen) atoms. The van der Waals surface area contributed by atoms with Crippen LogP contribution >= 0.6 is 0 Å². The molecule has 0 spiro atoms. The van der Waals surface area contributed by atoms with E-state index in [0.29, 0.717) is 5.92 Å². The van der Waals surface area contributed by atoms with Crippen LogP contribution in [0.2, 0.25) is 0 Å². The topological polar surface area (TPSA) is 47.6 Å². The van der Waals surface area contributed by atoms with E-state index in [1.165, 1.54) is 0 Å². The average molecular weight is 314 g/mol. The van der Waals surface area contributed by atoms with E-state index >= 15 is 0 Å². The highest BCUT2D eigenvalue weighted by molar-refractivity contribution is 5.94. The Balaban J connectivity index is 1.60. The molecule has 0 radical (unpaired) electrons. The van der Waals surface area contributed by atoms with Crippen LogP contribution in [-0.4, -0.2) is 50.7 Å². The minimum Gasteiger partial charge on any atom is -0.339 e. The van der Waals surface area contributed by atoms with Crippen molar-refractivity contribution in [2.75, 3.05) is 44.8 Å². The maximum Gasteiger partial charge on any atom is 0.253 e. The minimum absolute atomic E-state index is 0.159. The number of piperidine rings is 1. The molecule has 0 aliphatic carbocycles. The van der Waals surface area contributed by atoms with Crippen LogP contribution in [0.3, 0.4) is 0 Å². The summed E-state index contributed by atoms with van der Waals surface area (Å²) in [6.07, 6.45) is 6.36. The number of benzene rings is 1. The number of hydrogen-bond donors (Lipinski definition) is 2. The van der Waals surface area contributed by atoms with Crippen molar-refractivity contribution in [3.8, 4) is 0 Å². The molecule has 0 aromatic heterocycles. The summed E-state index contributed by atoms with van der Waals surface area (Å²) in [6, 6.07) is 7.94. The van der Waals surface area contributed by atoms with Gasteiger partial charge in [0, 0.05) is 37.1 Å². The summed E-state index contributed by atoms with van der Waals surface area (Å²) < 4.78 is 0. The molecule has 0 saturated carbocycles. The van der Waals surface area contributed by atoms with E-state index in [4.69, 9.17) is 0 Å². The van der Waals surface area contributed by atoms with Crippen molar-refractivity contribution in [3.05, 3.63) is 42.1 Å². The van der Waals surface area contributed by atoms with E-state index in [0.717, 1.165) is 56.9 Å². The van der Waals surface area contributed by atoms with Crippen LogP contribution < -0.4 is 15.5 Å². The van der Waals surface area contributed by atoms with Gasteiger partial charge in [0.1, 0.15) is 0 Å². The van der Waals surface area contributed by atoms with E-state index in [2.05, 4.69) is 27.8 Å². The smallest absolute Gasteiger partial charge is 0.253 e. The van der Waals surface area contributed by atoms with E-state index in [1.54, 1.807) is 0 Å². The first kappa shape index (κ1) is 16.0. The molecule has 124 valence electrons. The monoisotopic (exact) mass is 314 g/mol. The predicted molar refractivity (Wildman–Crippen MR) is 93.5 cm³/mol. The molecule has 2 heterocycles. The van der Waals surface area contributed by atoms with Crippen molar-refractivity contribution in [2.45, 2.75) is 12.8 Å². The zero-order valence-corrected chi connectivity index (χ0v) is 13.8. The van der Waals surface area contributed by atoms with Crippen molar-refractivity contribution in [1.82, 2.24) is 15.5 Å². The van der Waals surface area contributed by atoms with E-state index in [1.807, 2.05) is 36.2 Å². The van der Waals surface area contributed by atoms with Gasteiger partial charge in [0.15, 0.2) is 0 Å². The van der Waals surface area contributed by atoms with Gasteiger partial charge in [0.2, 0.25) is 0 Å². The number of carbonyl (C=O) groups excluding carboxylic acids is 1. The van der Waals surface area contributed by atoms with Gasteiger partial charge in [-0.15, -0.1) is 0 Å². The van der Waals surface area contributed by atoms with Crippen LogP contribution in [0.15, 0.2) is 36.5 Å². The van der Waals surface area contributed by atoms with Gasteiger partial charge in [-0.25, -0.2) is 0 Å². The molecule has 3 rings (SSSR count). The van der Waals surface area contributed by atoms with Gasteiger partial charge < -0.3 is 15.1 Å². The number of carbonyl (C=O) groups is 1. The highest BCUT2D eigenvalue weighted by Gasteiger charge is 2.23. The minimum atomic E-state index is 0.159. The molecule has 2 aliphatic rings. The van der Waals surface area contributed by atoms with E-state index < -0.39 is 0 Å². The summed E-state index contributed by atoms with van der Waals surface area (Å²) in [4.78, 5) is 16.8. The zero-order chi connectivity index (χ0) is 16.1. The number of nitrogens with one attached hydrogen (secondary N) is 2. The lowest BCUT2D eigenvalue weighted by molar-refractivity contribution is 0.0691. The fourth-order valence-corrected chi connectivity index (χ4v) is 3.29. The largest absolute Gasteiger partial charge is 0.339 e. The van der Waals surface area contributed by atoms with Gasteiger partial charge in [-0.1, -0.05) is 6.08 Å². The Morgan fingerprint density at radius 2 is 2.00 bits per heavy atom. The number of nitrogens with zero attached hydrogens (tertiary/aromatic N) is 2. The molecule has 0 bridgehead atoms. The quantitative estimate of drug-likeness (QED) is 0.887. The van der Waals surface area contributed by atoms with Crippen molar-refractivity contribution < 1.29 is 4.79 Å². The Labute approximate surface area is 138 Å². The molecular formula is C18H26N4O. The van der Waals surface area contributed by atoms with Crippen molar-refractivity contribution >= 4 is 11.6 Å². The molecule has 2 aliphatic heterocycles. The second kappa shape index (κ2) is 7.62. The first-order valence-corrected chi connectivity index (χ1v) is 8.46. The molecular weight excluding hydrogens is 288 g/mol. The van der Waals surface area contributed by atoms with Crippen LogP contribution in [-0.2, 0) is 0 Å². The van der Waals surface area contributed by atoms with E-state index in [9.17, 15) is 4.79 Å². The third kappa shape index (κ3) is 3.92. The molecule has 2 N–H and O–H groups in total. The molecule has 0 atom stereocenters. The highest BCUT2D eigenvalue weighted by Crippen LogP contribution is 2.21. The van der Waals surface area contributed by atoms with Crippen LogP contribution in [0.5, 0.6) is 0 Å². The Kier molecular flexibility index (Phi) is 5.31. The Bertz CT molecular complexity index is 547. The first-order valence-electron chi connectivity index (χ1n) is 8.46. The molecule has 1 aromatic rings.